The van der Waals surface area contributed by atoms with Gasteiger partial charge in [0.1, 0.15) is 0 Å². The van der Waals surface area contributed by atoms with Crippen LogP contribution in [0.15, 0.2) is 18.2 Å². The number of rotatable bonds is 3. The molecule has 1 saturated heterocycles. The second-order valence-electron chi connectivity index (χ2n) is 5.97. The van der Waals surface area contributed by atoms with Crippen LogP contribution in [-0.2, 0) is 19.5 Å². The van der Waals surface area contributed by atoms with Gasteiger partial charge in [-0.3, -0.25) is 4.72 Å². The van der Waals surface area contributed by atoms with Crippen LogP contribution in [0.5, 0.6) is 0 Å². The van der Waals surface area contributed by atoms with Gasteiger partial charge < -0.3 is 9.31 Å². The lowest BCUT2D eigenvalue weighted by Crippen LogP contribution is -2.41. The highest BCUT2D eigenvalue weighted by Crippen LogP contribution is 2.36. The molecule has 1 fully saturated rings. The molecule has 0 unspecified atom stereocenters. The maximum Gasteiger partial charge on any atom is 0.494 e. The third-order valence-corrected chi connectivity index (χ3v) is 4.60. The summed E-state index contributed by atoms with van der Waals surface area (Å²) in [6.45, 7) is 7.75. The van der Waals surface area contributed by atoms with E-state index in [4.69, 9.17) is 26.0 Å². The fraction of sp³-hybridized carbons (Fsp3) is 0.500. The summed E-state index contributed by atoms with van der Waals surface area (Å²) >= 11 is 5.96. The lowest BCUT2D eigenvalue weighted by atomic mass is 9.79. The van der Waals surface area contributed by atoms with Crippen molar-refractivity contribution in [3.8, 4) is 0 Å². The summed E-state index contributed by atoms with van der Waals surface area (Å²) in [5, 5.41) is 5.21. The summed E-state index contributed by atoms with van der Waals surface area (Å²) in [5.41, 5.74) is -0.119. The average Bonchev–Trinajstić information content (AvgIpc) is 2.49. The van der Waals surface area contributed by atoms with Gasteiger partial charge in [0.2, 0.25) is 0 Å². The van der Waals surface area contributed by atoms with Gasteiger partial charge in [0.15, 0.2) is 0 Å². The Morgan fingerprint density at radius 1 is 1.19 bits per heavy atom. The van der Waals surface area contributed by atoms with Crippen molar-refractivity contribution in [2.24, 2.45) is 5.14 Å². The molecule has 6 nitrogen and oxygen atoms in total. The molecule has 1 aliphatic heterocycles. The van der Waals surface area contributed by atoms with Crippen LogP contribution < -0.4 is 15.3 Å². The Hall–Kier alpha value is -0.795. The topological polar surface area (TPSA) is 90.6 Å². The van der Waals surface area contributed by atoms with Gasteiger partial charge in [-0.15, -0.1) is 0 Å². The van der Waals surface area contributed by atoms with Crippen molar-refractivity contribution in [3.63, 3.8) is 0 Å². The highest BCUT2D eigenvalue weighted by atomic mass is 35.5. The summed E-state index contributed by atoms with van der Waals surface area (Å²) in [6.07, 6.45) is 0. The number of halogens is 1. The minimum Gasteiger partial charge on any atom is -0.399 e. The molecule has 116 valence electrons. The highest BCUT2D eigenvalue weighted by molar-refractivity contribution is 7.90. The van der Waals surface area contributed by atoms with Crippen LogP contribution in [0.4, 0.5) is 5.69 Å². The first-order valence-corrected chi connectivity index (χ1v) is 8.29. The highest BCUT2D eigenvalue weighted by Gasteiger charge is 2.51. The van der Waals surface area contributed by atoms with Crippen LogP contribution in [0.1, 0.15) is 27.7 Å². The second-order valence-corrected chi connectivity index (χ2v) is 7.68. The molecular formula is C12H18BClN2O4S. The van der Waals surface area contributed by atoms with Crippen LogP contribution in [0, 0.1) is 0 Å². The molecule has 0 bridgehead atoms. The molecular weight excluding hydrogens is 314 g/mol. The monoisotopic (exact) mass is 332 g/mol. The Morgan fingerprint density at radius 2 is 1.71 bits per heavy atom. The quantitative estimate of drug-likeness (QED) is 0.815. The minimum absolute atomic E-state index is 0.186. The zero-order valence-electron chi connectivity index (χ0n) is 12.3. The van der Waals surface area contributed by atoms with E-state index in [0.717, 1.165) is 0 Å². The lowest BCUT2D eigenvalue weighted by Gasteiger charge is -2.32. The number of hydrogen-bond acceptors (Lipinski definition) is 4. The smallest absolute Gasteiger partial charge is 0.399 e. The fourth-order valence-corrected chi connectivity index (χ4v) is 2.60. The molecule has 1 aliphatic rings. The molecule has 0 aromatic heterocycles. The van der Waals surface area contributed by atoms with Crippen molar-refractivity contribution < 1.29 is 17.7 Å². The van der Waals surface area contributed by atoms with E-state index in [1.165, 1.54) is 0 Å². The van der Waals surface area contributed by atoms with E-state index in [-0.39, 0.29) is 10.7 Å². The van der Waals surface area contributed by atoms with Gasteiger partial charge in [-0.25, -0.2) is 5.14 Å². The second kappa shape index (κ2) is 5.14. The largest absolute Gasteiger partial charge is 0.494 e. The van der Waals surface area contributed by atoms with Crippen molar-refractivity contribution in [3.05, 3.63) is 23.2 Å². The standard InChI is InChI=1S/C12H18BClN2O4S/c1-11(2)12(3,4)20-13(19-11)8-5-6-9(14)10(7-8)16-21(15,17)18/h5-7,16H,1-4H3,(H2,15,17,18). The van der Waals surface area contributed by atoms with Gasteiger partial charge in [-0.2, -0.15) is 8.42 Å². The molecule has 2 rings (SSSR count). The Labute approximate surface area is 130 Å². The van der Waals surface area contributed by atoms with Gasteiger partial charge in [-0.1, -0.05) is 17.7 Å². The summed E-state index contributed by atoms with van der Waals surface area (Å²) in [5.74, 6) is 0. The molecule has 9 heteroatoms. The molecule has 0 saturated carbocycles. The molecule has 1 aromatic rings. The Balaban J connectivity index is 2.33. The van der Waals surface area contributed by atoms with Crippen molar-refractivity contribution in [1.82, 2.24) is 0 Å². The molecule has 0 atom stereocenters. The van der Waals surface area contributed by atoms with Crippen molar-refractivity contribution >= 4 is 40.1 Å². The fourth-order valence-electron chi connectivity index (χ4n) is 1.90. The van der Waals surface area contributed by atoms with Gasteiger partial charge in [0.25, 0.3) is 10.2 Å². The third-order valence-electron chi connectivity index (χ3n) is 3.77. The number of hydrogen-bond donors (Lipinski definition) is 2. The van der Waals surface area contributed by atoms with Crippen molar-refractivity contribution in [2.45, 2.75) is 38.9 Å². The van der Waals surface area contributed by atoms with Crippen LogP contribution in [0.2, 0.25) is 5.02 Å². The first kappa shape index (κ1) is 16.6. The maximum absolute atomic E-state index is 11.1. The van der Waals surface area contributed by atoms with Crippen LogP contribution in [-0.4, -0.2) is 26.7 Å². The van der Waals surface area contributed by atoms with E-state index < -0.39 is 28.5 Å². The molecule has 0 aliphatic carbocycles. The maximum atomic E-state index is 11.1. The van der Waals surface area contributed by atoms with Crippen LogP contribution in [0.25, 0.3) is 0 Å². The van der Waals surface area contributed by atoms with E-state index in [0.29, 0.717) is 5.46 Å². The van der Waals surface area contributed by atoms with Gasteiger partial charge >= 0.3 is 7.12 Å². The number of nitrogens with one attached hydrogen (secondary N) is 1. The van der Waals surface area contributed by atoms with E-state index in [1.54, 1.807) is 18.2 Å². The first-order chi connectivity index (χ1) is 9.41. The number of nitrogens with two attached hydrogens (primary N) is 1. The van der Waals surface area contributed by atoms with Crippen LogP contribution >= 0.6 is 11.6 Å². The van der Waals surface area contributed by atoms with Crippen molar-refractivity contribution in [2.75, 3.05) is 4.72 Å². The van der Waals surface area contributed by atoms with E-state index in [9.17, 15) is 8.42 Å². The average molecular weight is 333 g/mol. The molecule has 1 aromatic carbocycles. The summed E-state index contributed by atoms with van der Waals surface area (Å²) in [6, 6.07) is 4.84. The minimum atomic E-state index is -3.90. The van der Waals surface area contributed by atoms with E-state index in [1.807, 2.05) is 27.7 Å². The number of anilines is 1. The summed E-state index contributed by atoms with van der Waals surface area (Å²) in [4.78, 5) is 0. The van der Waals surface area contributed by atoms with Crippen LogP contribution in [0.3, 0.4) is 0 Å². The Morgan fingerprint density at radius 3 is 2.19 bits per heavy atom. The zero-order valence-corrected chi connectivity index (χ0v) is 13.9. The molecule has 1 heterocycles. The van der Waals surface area contributed by atoms with Gasteiger partial charge in [0.05, 0.1) is 21.9 Å². The third kappa shape index (κ3) is 3.52. The van der Waals surface area contributed by atoms with E-state index in [2.05, 4.69) is 4.72 Å². The molecule has 0 spiro atoms. The summed E-state index contributed by atoms with van der Waals surface area (Å²) < 4.78 is 36.2. The molecule has 3 N–H and O–H groups in total. The predicted octanol–water partition coefficient (Wildman–Crippen LogP) is 1.25. The summed E-state index contributed by atoms with van der Waals surface area (Å²) in [7, 11) is -4.51. The first-order valence-electron chi connectivity index (χ1n) is 6.37. The normalized spacial score (nSPS) is 20.6. The SMILES string of the molecule is CC1(C)OB(c2ccc(Cl)c(NS(N)(=O)=O)c2)OC1(C)C. The molecule has 0 radical (unpaired) electrons. The van der Waals surface area contributed by atoms with Gasteiger partial charge in [-0.05, 0) is 45.3 Å². The zero-order chi connectivity index (χ0) is 16.1. The van der Waals surface area contributed by atoms with Crippen molar-refractivity contribution in [1.29, 1.82) is 0 Å². The number of benzene rings is 1. The van der Waals surface area contributed by atoms with E-state index >= 15 is 0 Å². The van der Waals surface area contributed by atoms with Gasteiger partial charge in [0, 0.05) is 0 Å². The predicted molar refractivity (Wildman–Crippen MR) is 83.9 cm³/mol. The Bertz CT molecular complexity index is 647. The Kier molecular flexibility index (Phi) is 4.05. The molecule has 0 amide bonds. The molecule has 21 heavy (non-hydrogen) atoms. The lowest BCUT2D eigenvalue weighted by molar-refractivity contribution is 0.00578.